The maximum atomic E-state index is 11.9. The van der Waals surface area contributed by atoms with Crippen LogP contribution in [0.4, 0.5) is 0 Å². The van der Waals surface area contributed by atoms with E-state index in [1.54, 1.807) is 13.8 Å². The van der Waals surface area contributed by atoms with Gasteiger partial charge in [0, 0.05) is 25.7 Å². The van der Waals surface area contributed by atoms with Gasteiger partial charge >= 0.3 is 5.97 Å². The summed E-state index contributed by atoms with van der Waals surface area (Å²) in [6, 6.07) is 0. The molecule has 144 valence electrons. The van der Waals surface area contributed by atoms with E-state index in [1.165, 1.54) is 7.11 Å². The average molecular weight is 356 g/mol. The van der Waals surface area contributed by atoms with Gasteiger partial charge in [-0.2, -0.15) is 0 Å². The van der Waals surface area contributed by atoms with Crippen LogP contribution >= 0.6 is 0 Å². The Hall–Kier alpha value is -1.72. The maximum Gasteiger partial charge on any atom is 0.311 e. The minimum Gasteiger partial charge on any atom is -0.469 e. The number of hydrogen-bond acceptors (Lipinski definition) is 6. The first kappa shape index (κ1) is 23.3. The molecule has 0 fully saturated rings. The summed E-state index contributed by atoms with van der Waals surface area (Å²) in [7, 11) is 1.34. The summed E-state index contributed by atoms with van der Waals surface area (Å²) in [6.45, 7) is 8.10. The lowest BCUT2D eigenvalue weighted by molar-refractivity contribution is -0.151. The van der Waals surface area contributed by atoms with Gasteiger partial charge in [-0.1, -0.05) is 13.8 Å². The Labute approximate surface area is 150 Å². The molecule has 6 nitrogen and oxygen atoms in total. The molecule has 0 unspecified atom stereocenters. The zero-order valence-electron chi connectivity index (χ0n) is 16.2. The summed E-state index contributed by atoms with van der Waals surface area (Å²) in [5.74, 6) is -0.150. The summed E-state index contributed by atoms with van der Waals surface area (Å²) >= 11 is 0. The second-order valence-corrected chi connectivity index (χ2v) is 7.88. The zero-order chi connectivity index (χ0) is 19.5. The van der Waals surface area contributed by atoms with Crippen LogP contribution in [0.5, 0.6) is 0 Å². The Morgan fingerprint density at radius 1 is 0.880 bits per heavy atom. The van der Waals surface area contributed by atoms with Crippen molar-refractivity contribution in [1.29, 1.82) is 0 Å². The van der Waals surface area contributed by atoms with Crippen molar-refractivity contribution in [3.05, 3.63) is 0 Å². The van der Waals surface area contributed by atoms with E-state index in [-0.39, 0.29) is 29.6 Å². The molecule has 0 heterocycles. The number of carbonyl (C=O) groups excluding carboxylic acids is 4. The highest BCUT2D eigenvalue weighted by Crippen LogP contribution is 2.25. The molecule has 6 heteroatoms. The third kappa shape index (κ3) is 10.7. The number of carbonyl (C=O) groups is 4. The molecule has 0 saturated carbocycles. The number of methoxy groups -OCH3 is 1. The molecule has 0 aromatic carbocycles. The predicted molar refractivity (Wildman–Crippen MR) is 93.9 cm³/mol. The number of ether oxygens (including phenoxy) is 2. The minimum atomic E-state index is -0.671. The number of esters is 1. The van der Waals surface area contributed by atoms with Crippen LogP contribution in [0.15, 0.2) is 0 Å². The molecule has 0 N–H and O–H groups in total. The van der Waals surface area contributed by atoms with E-state index in [4.69, 9.17) is 9.47 Å². The largest absolute Gasteiger partial charge is 0.469 e. The van der Waals surface area contributed by atoms with Crippen LogP contribution in [0.1, 0.15) is 72.6 Å². The third-order valence-electron chi connectivity index (χ3n) is 4.30. The first-order chi connectivity index (χ1) is 11.5. The van der Waals surface area contributed by atoms with Crippen molar-refractivity contribution in [2.75, 3.05) is 13.7 Å². The Bertz CT molecular complexity index is 465. The van der Waals surface area contributed by atoms with E-state index >= 15 is 0 Å². The molecule has 0 atom stereocenters. The highest BCUT2D eigenvalue weighted by Gasteiger charge is 2.29. The topological polar surface area (TPSA) is 86.7 Å². The van der Waals surface area contributed by atoms with Crippen LogP contribution in [0, 0.1) is 10.8 Å². The Kier molecular flexibility index (Phi) is 10.2. The number of ketones is 2. The fraction of sp³-hybridized carbons (Fsp3) is 0.789. The van der Waals surface area contributed by atoms with Crippen LogP contribution in [-0.4, -0.2) is 37.7 Å². The van der Waals surface area contributed by atoms with E-state index in [0.29, 0.717) is 51.4 Å². The lowest BCUT2D eigenvalue weighted by atomic mass is 9.86. The van der Waals surface area contributed by atoms with Gasteiger partial charge in [-0.25, -0.2) is 0 Å². The van der Waals surface area contributed by atoms with Gasteiger partial charge in [-0.3, -0.25) is 19.2 Å². The van der Waals surface area contributed by atoms with Crippen molar-refractivity contribution in [1.82, 2.24) is 0 Å². The monoisotopic (exact) mass is 356 g/mol. The summed E-state index contributed by atoms with van der Waals surface area (Å²) in [5, 5.41) is 0. The van der Waals surface area contributed by atoms with Crippen molar-refractivity contribution in [3.63, 3.8) is 0 Å². The van der Waals surface area contributed by atoms with E-state index in [0.717, 1.165) is 0 Å². The molecule has 0 amide bonds. The lowest BCUT2D eigenvalue weighted by Crippen LogP contribution is -2.26. The van der Waals surface area contributed by atoms with E-state index < -0.39 is 5.41 Å². The molecular weight excluding hydrogens is 324 g/mol. The smallest absolute Gasteiger partial charge is 0.311 e. The molecule has 0 bridgehead atoms. The maximum absolute atomic E-state index is 11.9. The molecule has 0 rings (SSSR count). The van der Waals surface area contributed by atoms with E-state index in [9.17, 15) is 19.2 Å². The van der Waals surface area contributed by atoms with Crippen LogP contribution in [-0.2, 0) is 28.7 Å². The Morgan fingerprint density at radius 3 is 1.88 bits per heavy atom. The predicted octanol–water partition coefficient (Wildman–Crippen LogP) is 3.25. The summed E-state index contributed by atoms with van der Waals surface area (Å²) in [5.41, 5.74) is -0.902. The quantitative estimate of drug-likeness (QED) is 0.351. The van der Waals surface area contributed by atoms with Crippen LogP contribution in [0.3, 0.4) is 0 Å². The van der Waals surface area contributed by atoms with Gasteiger partial charge < -0.3 is 9.47 Å². The van der Waals surface area contributed by atoms with E-state index in [2.05, 4.69) is 0 Å². The highest BCUT2D eigenvalue weighted by atomic mass is 16.5. The first-order valence-corrected chi connectivity index (χ1v) is 8.71. The standard InChI is InChI=1S/C19H32O6/c1-18(2,13-25-14-20)11-9-15(21)7-6-8-16(22)10-12-19(3,4)17(23)24-5/h14H,6-13H2,1-5H3. The van der Waals surface area contributed by atoms with Gasteiger partial charge in [0.25, 0.3) is 6.47 Å². The summed E-state index contributed by atoms with van der Waals surface area (Å²) < 4.78 is 9.47. The fourth-order valence-electron chi connectivity index (χ4n) is 2.37. The molecule has 0 aliphatic rings. The van der Waals surface area contributed by atoms with Crippen molar-refractivity contribution >= 4 is 24.0 Å². The molecular formula is C19H32O6. The van der Waals surface area contributed by atoms with Gasteiger partial charge in [-0.05, 0) is 38.5 Å². The first-order valence-electron chi connectivity index (χ1n) is 8.71. The number of rotatable bonds is 14. The zero-order valence-corrected chi connectivity index (χ0v) is 16.2. The molecule has 0 radical (unpaired) electrons. The average Bonchev–Trinajstić information content (AvgIpc) is 2.55. The van der Waals surface area contributed by atoms with Crippen molar-refractivity contribution < 1.29 is 28.7 Å². The van der Waals surface area contributed by atoms with E-state index in [1.807, 2.05) is 13.8 Å². The second-order valence-electron chi connectivity index (χ2n) is 7.88. The molecule has 0 aromatic rings. The van der Waals surface area contributed by atoms with Crippen LogP contribution in [0.25, 0.3) is 0 Å². The molecule has 0 spiro atoms. The third-order valence-corrected chi connectivity index (χ3v) is 4.30. The molecule has 25 heavy (non-hydrogen) atoms. The van der Waals surface area contributed by atoms with Gasteiger partial charge in [0.15, 0.2) is 0 Å². The molecule has 0 aliphatic carbocycles. The van der Waals surface area contributed by atoms with Crippen LogP contribution in [0.2, 0.25) is 0 Å². The normalized spacial score (nSPS) is 11.7. The number of Topliss-reactive ketones (excluding diaryl/α,β-unsaturated/α-hetero) is 2. The molecule has 0 aromatic heterocycles. The second kappa shape index (κ2) is 11.0. The highest BCUT2D eigenvalue weighted by molar-refractivity contribution is 5.82. The Morgan fingerprint density at radius 2 is 1.40 bits per heavy atom. The summed E-state index contributed by atoms with van der Waals surface area (Å²) in [6.07, 6.45) is 3.06. The van der Waals surface area contributed by atoms with Gasteiger partial charge in [-0.15, -0.1) is 0 Å². The van der Waals surface area contributed by atoms with Crippen molar-refractivity contribution in [2.24, 2.45) is 10.8 Å². The molecule has 0 aliphatic heterocycles. The molecule has 0 saturated heterocycles. The van der Waals surface area contributed by atoms with Crippen LogP contribution < -0.4 is 0 Å². The minimum absolute atomic E-state index is 0.0597. The fourth-order valence-corrected chi connectivity index (χ4v) is 2.37. The Balaban J connectivity index is 3.99. The summed E-state index contributed by atoms with van der Waals surface area (Å²) in [4.78, 5) is 45.6. The number of hydrogen-bond donors (Lipinski definition) is 0. The van der Waals surface area contributed by atoms with Crippen molar-refractivity contribution in [3.8, 4) is 0 Å². The SMILES string of the molecule is COC(=O)C(C)(C)CCC(=O)CCCC(=O)CCC(C)(C)COC=O. The van der Waals surface area contributed by atoms with Gasteiger partial charge in [0.05, 0.1) is 19.1 Å². The van der Waals surface area contributed by atoms with Gasteiger partial charge in [0.2, 0.25) is 0 Å². The van der Waals surface area contributed by atoms with Gasteiger partial charge in [0.1, 0.15) is 11.6 Å². The van der Waals surface area contributed by atoms with Crippen molar-refractivity contribution in [2.45, 2.75) is 72.6 Å². The lowest BCUT2D eigenvalue weighted by Gasteiger charge is -2.22.